The number of nitrogens with zero attached hydrogens (tertiary/aromatic N) is 1. The molecule has 2 aliphatic rings. The van der Waals surface area contributed by atoms with E-state index in [1.54, 1.807) is 0 Å². The summed E-state index contributed by atoms with van der Waals surface area (Å²) < 4.78 is 0. The van der Waals surface area contributed by atoms with E-state index in [1.165, 1.54) is 19.3 Å². The Morgan fingerprint density at radius 3 is 2.32 bits per heavy atom. The summed E-state index contributed by atoms with van der Waals surface area (Å²) in [6, 6.07) is 0. The van der Waals surface area contributed by atoms with Crippen LogP contribution in [0.4, 0.5) is 0 Å². The van der Waals surface area contributed by atoms with Crippen molar-refractivity contribution in [2.24, 2.45) is 17.6 Å². The first-order valence-corrected chi connectivity index (χ1v) is 7.89. The Labute approximate surface area is 117 Å². The van der Waals surface area contributed by atoms with Gasteiger partial charge in [0.2, 0.25) is 5.91 Å². The molecule has 1 saturated heterocycles. The van der Waals surface area contributed by atoms with Crippen LogP contribution in [0.5, 0.6) is 0 Å². The van der Waals surface area contributed by atoms with E-state index in [-0.39, 0.29) is 5.91 Å². The second-order valence-electron chi connectivity index (χ2n) is 6.27. The number of amides is 1. The third kappa shape index (κ3) is 3.29. The van der Waals surface area contributed by atoms with Crippen molar-refractivity contribution < 1.29 is 4.79 Å². The molecule has 0 bridgehead atoms. The smallest absolute Gasteiger partial charge is 0.239 e. The lowest BCUT2D eigenvalue weighted by Crippen LogP contribution is -2.63. The first-order chi connectivity index (χ1) is 9.12. The normalized spacial score (nSPS) is 25.2. The fraction of sp³-hybridized carbons (Fsp3) is 0.933. The summed E-state index contributed by atoms with van der Waals surface area (Å²) in [6.45, 7) is 8.18. The molecule has 110 valence electrons. The summed E-state index contributed by atoms with van der Waals surface area (Å²) in [5.74, 6) is 1.17. The number of nitrogens with two attached hydrogens (primary N) is 1. The molecule has 0 aromatic rings. The molecule has 1 unspecified atom stereocenters. The fourth-order valence-corrected chi connectivity index (χ4v) is 3.49. The van der Waals surface area contributed by atoms with Crippen molar-refractivity contribution in [3.63, 3.8) is 0 Å². The average molecular weight is 267 g/mol. The first-order valence-electron chi connectivity index (χ1n) is 7.89. The summed E-state index contributed by atoms with van der Waals surface area (Å²) in [4.78, 5) is 14.5. The van der Waals surface area contributed by atoms with Crippen LogP contribution >= 0.6 is 0 Å². The maximum Gasteiger partial charge on any atom is 0.239 e. The van der Waals surface area contributed by atoms with Gasteiger partial charge >= 0.3 is 0 Å². The van der Waals surface area contributed by atoms with Crippen LogP contribution in [0.3, 0.4) is 0 Å². The lowest BCUT2D eigenvalue weighted by Gasteiger charge is -2.40. The second-order valence-corrected chi connectivity index (χ2v) is 6.27. The van der Waals surface area contributed by atoms with Crippen LogP contribution in [0, 0.1) is 11.8 Å². The van der Waals surface area contributed by atoms with E-state index < -0.39 is 5.54 Å². The number of likely N-dealkylation sites (N-methyl/N-ethyl adjacent to an activating group) is 1. The van der Waals surface area contributed by atoms with Crippen molar-refractivity contribution in [2.75, 3.05) is 26.2 Å². The Bertz CT molecular complexity index is 309. The molecule has 1 atom stereocenters. The Kier molecular flexibility index (Phi) is 4.85. The van der Waals surface area contributed by atoms with Crippen LogP contribution in [-0.2, 0) is 4.79 Å². The van der Waals surface area contributed by atoms with Crippen LogP contribution in [0.15, 0.2) is 0 Å². The van der Waals surface area contributed by atoms with Crippen molar-refractivity contribution in [1.82, 2.24) is 10.2 Å². The first kappa shape index (κ1) is 14.8. The quantitative estimate of drug-likeness (QED) is 0.732. The van der Waals surface area contributed by atoms with Gasteiger partial charge in [0.1, 0.15) is 5.54 Å². The van der Waals surface area contributed by atoms with Crippen LogP contribution in [0.2, 0.25) is 0 Å². The highest BCUT2D eigenvalue weighted by Gasteiger charge is 2.50. The van der Waals surface area contributed by atoms with Crippen LogP contribution in [0.25, 0.3) is 0 Å². The van der Waals surface area contributed by atoms with E-state index >= 15 is 0 Å². The zero-order valence-electron chi connectivity index (χ0n) is 12.5. The highest BCUT2D eigenvalue weighted by atomic mass is 16.1. The number of hydrogen-bond acceptors (Lipinski definition) is 3. The number of primary amides is 1. The Hall–Kier alpha value is -0.610. The molecule has 1 aliphatic carbocycles. The van der Waals surface area contributed by atoms with Gasteiger partial charge in [-0.3, -0.25) is 4.79 Å². The molecule has 1 amide bonds. The van der Waals surface area contributed by atoms with Crippen molar-refractivity contribution >= 4 is 5.91 Å². The minimum atomic E-state index is -0.478. The third-order valence-electron chi connectivity index (χ3n) is 4.96. The average Bonchev–Trinajstić information content (AvgIpc) is 3.23. The standard InChI is InChI=1S/C15H29N3O/c1-3-12-7-9-18(10-8-12)11-15(14(16)19,17-4-2)13-5-6-13/h12-13,17H,3-11H2,1-2H3,(H2,16,19). The molecule has 19 heavy (non-hydrogen) atoms. The predicted octanol–water partition coefficient (Wildman–Crippen LogP) is 1.35. The fourth-order valence-electron chi connectivity index (χ4n) is 3.49. The number of nitrogens with one attached hydrogen (secondary N) is 1. The molecule has 2 fully saturated rings. The summed E-state index contributed by atoms with van der Waals surface area (Å²) in [5, 5.41) is 3.41. The van der Waals surface area contributed by atoms with Gasteiger partial charge in [-0.1, -0.05) is 20.3 Å². The van der Waals surface area contributed by atoms with Gasteiger partial charge in [0.15, 0.2) is 0 Å². The molecule has 0 aromatic carbocycles. The molecular weight excluding hydrogens is 238 g/mol. The highest BCUT2D eigenvalue weighted by Crippen LogP contribution is 2.40. The van der Waals surface area contributed by atoms with Crippen molar-refractivity contribution in [3.05, 3.63) is 0 Å². The van der Waals surface area contributed by atoms with Crippen molar-refractivity contribution in [3.8, 4) is 0 Å². The van der Waals surface area contributed by atoms with Gasteiger partial charge in [-0.05, 0) is 57.2 Å². The van der Waals surface area contributed by atoms with E-state index in [4.69, 9.17) is 5.73 Å². The Balaban J connectivity index is 1.98. The second kappa shape index (κ2) is 6.23. The number of piperidine rings is 1. The molecule has 1 saturated carbocycles. The SMILES string of the molecule is CCNC(CN1CCC(CC)CC1)(C(N)=O)C1CC1. The third-order valence-corrected chi connectivity index (χ3v) is 4.96. The largest absolute Gasteiger partial charge is 0.368 e. The van der Waals surface area contributed by atoms with E-state index in [1.807, 2.05) is 0 Å². The number of hydrogen-bond donors (Lipinski definition) is 2. The van der Waals surface area contributed by atoms with Gasteiger partial charge in [0.05, 0.1) is 0 Å². The molecule has 1 heterocycles. The van der Waals surface area contributed by atoms with Crippen LogP contribution < -0.4 is 11.1 Å². The van der Waals surface area contributed by atoms with Gasteiger partial charge in [-0.2, -0.15) is 0 Å². The zero-order chi connectivity index (χ0) is 13.9. The van der Waals surface area contributed by atoms with Gasteiger partial charge in [-0.15, -0.1) is 0 Å². The molecule has 0 aromatic heterocycles. The zero-order valence-corrected chi connectivity index (χ0v) is 12.5. The molecule has 0 spiro atoms. The number of carbonyl (C=O) groups excluding carboxylic acids is 1. The number of rotatable bonds is 7. The Morgan fingerprint density at radius 2 is 1.89 bits per heavy atom. The minimum Gasteiger partial charge on any atom is -0.368 e. The molecule has 4 heteroatoms. The van der Waals surface area contributed by atoms with E-state index in [9.17, 15) is 4.79 Å². The summed E-state index contributed by atoms with van der Waals surface area (Å²) in [6.07, 6.45) is 6.09. The maximum atomic E-state index is 12.0. The lowest BCUT2D eigenvalue weighted by molar-refractivity contribution is -0.126. The van der Waals surface area contributed by atoms with E-state index in [0.29, 0.717) is 5.92 Å². The molecule has 0 radical (unpaired) electrons. The molecule has 1 aliphatic heterocycles. The van der Waals surface area contributed by atoms with Crippen LogP contribution in [0.1, 0.15) is 46.0 Å². The number of likely N-dealkylation sites (tertiary alicyclic amines) is 1. The van der Waals surface area contributed by atoms with Gasteiger partial charge in [0.25, 0.3) is 0 Å². The van der Waals surface area contributed by atoms with E-state index in [2.05, 4.69) is 24.1 Å². The van der Waals surface area contributed by atoms with Gasteiger partial charge in [-0.25, -0.2) is 0 Å². The summed E-state index contributed by atoms with van der Waals surface area (Å²) in [5.41, 5.74) is 5.26. The lowest BCUT2D eigenvalue weighted by atomic mass is 9.88. The molecule has 3 N–H and O–H groups in total. The summed E-state index contributed by atoms with van der Waals surface area (Å²) in [7, 11) is 0. The summed E-state index contributed by atoms with van der Waals surface area (Å²) >= 11 is 0. The predicted molar refractivity (Wildman–Crippen MR) is 77.8 cm³/mol. The molecule has 4 nitrogen and oxygen atoms in total. The van der Waals surface area contributed by atoms with Gasteiger partial charge < -0.3 is 16.0 Å². The van der Waals surface area contributed by atoms with Crippen LogP contribution in [-0.4, -0.2) is 42.5 Å². The topological polar surface area (TPSA) is 58.4 Å². The molecular formula is C15H29N3O. The monoisotopic (exact) mass is 267 g/mol. The molecule has 2 rings (SSSR count). The minimum absolute atomic E-state index is 0.158. The van der Waals surface area contributed by atoms with Crippen molar-refractivity contribution in [2.45, 2.75) is 51.5 Å². The van der Waals surface area contributed by atoms with Crippen molar-refractivity contribution in [1.29, 1.82) is 0 Å². The number of carbonyl (C=O) groups is 1. The van der Waals surface area contributed by atoms with E-state index in [0.717, 1.165) is 44.9 Å². The Morgan fingerprint density at radius 1 is 1.26 bits per heavy atom. The maximum absolute atomic E-state index is 12.0. The highest BCUT2D eigenvalue weighted by molar-refractivity contribution is 5.86. The van der Waals surface area contributed by atoms with Gasteiger partial charge in [0, 0.05) is 6.54 Å².